The molecule has 19 heavy (non-hydrogen) atoms. The molecule has 5 heteroatoms. The molecule has 1 aromatic rings. The summed E-state index contributed by atoms with van der Waals surface area (Å²) in [6.07, 6.45) is 2.37. The smallest absolute Gasteiger partial charge is 0.251 e. The Morgan fingerprint density at radius 3 is 2.95 bits per heavy atom. The first kappa shape index (κ1) is 13.7. The highest BCUT2D eigenvalue weighted by Gasteiger charge is 2.22. The molecule has 1 aliphatic heterocycles. The third-order valence-corrected chi connectivity index (χ3v) is 3.45. The van der Waals surface area contributed by atoms with Gasteiger partial charge >= 0.3 is 0 Å². The molecule has 1 saturated heterocycles. The Morgan fingerprint density at radius 1 is 1.53 bits per heavy atom. The molecule has 0 radical (unpaired) electrons. The number of hydrogen-bond acceptors (Lipinski definition) is 4. The minimum atomic E-state index is -0.118. The van der Waals surface area contributed by atoms with E-state index in [4.69, 9.17) is 10.5 Å². The third-order valence-electron chi connectivity index (χ3n) is 3.45. The van der Waals surface area contributed by atoms with Crippen molar-refractivity contribution in [3.63, 3.8) is 0 Å². The summed E-state index contributed by atoms with van der Waals surface area (Å²) in [5.74, 6) is -0.118. The molecule has 1 fully saturated rings. The van der Waals surface area contributed by atoms with Crippen molar-refractivity contribution in [3.05, 3.63) is 23.8 Å². The van der Waals surface area contributed by atoms with Gasteiger partial charge in [-0.15, -0.1) is 0 Å². The first-order chi connectivity index (χ1) is 9.11. The van der Waals surface area contributed by atoms with Crippen LogP contribution >= 0.6 is 0 Å². The van der Waals surface area contributed by atoms with Crippen molar-refractivity contribution in [2.24, 2.45) is 0 Å². The number of benzene rings is 1. The Morgan fingerprint density at radius 2 is 2.32 bits per heavy atom. The molecule has 1 heterocycles. The fourth-order valence-corrected chi connectivity index (χ4v) is 2.30. The van der Waals surface area contributed by atoms with E-state index < -0.39 is 0 Å². The predicted molar refractivity (Wildman–Crippen MR) is 76.3 cm³/mol. The van der Waals surface area contributed by atoms with E-state index in [-0.39, 0.29) is 18.1 Å². The second-order valence-corrected chi connectivity index (χ2v) is 4.87. The summed E-state index contributed by atoms with van der Waals surface area (Å²) in [4.78, 5) is 11.6. The molecule has 0 aliphatic carbocycles. The number of nitrogens with one attached hydrogen (secondary N) is 2. The maximum absolute atomic E-state index is 11.6. The average molecular weight is 263 g/mol. The fourth-order valence-electron chi connectivity index (χ4n) is 2.30. The van der Waals surface area contributed by atoms with Crippen molar-refractivity contribution in [2.75, 3.05) is 24.7 Å². The zero-order valence-electron chi connectivity index (χ0n) is 11.4. The molecule has 0 saturated carbocycles. The number of amides is 1. The van der Waals surface area contributed by atoms with Crippen LogP contribution in [-0.2, 0) is 4.74 Å². The summed E-state index contributed by atoms with van der Waals surface area (Å²) < 4.78 is 5.64. The lowest BCUT2D eigenvalue weighted by atomic mass is 10.1. The second-order valence-electron chi connectivity index (χ2n) is 4.87. The minimum absolute atomic E-state index is 0.118. The molecule has 2 rings (SSSR count). The predicted octanol–water partition coefficient (Wildman–Crippen LogP) is 1.61. The minimum Gasteiger partial charge on any atom is -0.397 e. The molecular weight excluding hydrogens is 242 g/mol. The van der Waals surface area contributed by atoms with Gasteiger partial charge < -0.3 is 21.1 Å². The van der Waals surface area contributed by atoms with Gasteiger partial charge in [-0.3, -0.25) is 4.79 Å². The van der Waals surface area contributed by atoms with Crippen LogP contribution < -0.4 is 16.4 Å². The number of anilines is 2. The summed E-state index contributed by atoms with van der Waals surface area (Å²) in [5.41, 5.74) is 7.96. The number of rotatable bonds is 4. The maximum Gasteiger partial charge on any atom is 0.251 e. The van der Waals surface area contributed by atoms with Crippen LogP contribution in [0.5, 0.6) is 0 Å². The van der Waals surface area contributed by atoms with Crippen molar-refractivity contribution in [1.29, 1.82) is 0 Å². The Labute approximate surface area is 113 Å². The van der Waals surface area contributed by atoms with Gasteiger partial charge in [-0.2, -0.15) is 0 Å². The highest BCUT2D eigenvalue weighted by atomic mass is 16.5. The quantitative estimate of drug-likeness (QED) is 0.721. The topological polar surface area (TPSA) is 76.4 Å². The SMILES string of the molecule is CNC(=O)c1ccc(N)c(NC(C)C2CCCO2)c1. The highest BCUT2D eigenvalue weighted by molar-refractivity contribution is 5.96. The number of ether oxygens (including phenoxy) is 1. The normalized spacial score (nSPS) is 20.0. The van der Waals surface area contributed by atoms with Gasteiger partial charge in [0.2, 0.25) is 0 Å². The van der Waals surface area contributed by atoms with Crippen LogP contribution in [0.4, 0.5) is 11.4 Å². The van der Waals surface area contributed by atoms with Crippen molar-refractivity contribution in [2.45, 2.75) is 31.9 Å². The van der Waals surface area contributed by atoms with Gasteiger partial charge in [-0.1, -0.05) is 0 Å². The van der Waals surface area contributed by atoms with E-state index in [1.807, 2.05) is 0 Å². The van der Waals surface area contributed by atoms with Crippen LogP contribution in [0.25, 0.3) is 0 Å². The Bertz CT molecular complexity index is 456. The molecule has 2 atom stereocenters. The zero-order valence-corrected chi connectivity index (χ0v) is 11.4. The molecule has 4 N–H and O–H groups in total. The molecular formula is C14H21N3O2. The summed E-state index contributed by atoms with van der Waals surface area (Å²) in [5, 5.41) is 5.95. The van der Waals surface area contributed by atoms with E-state index in [1.54, 1.807) is 25.2 Å². The van der Waals surface area contributed by atoms with Crippen LogP contribution in [0.1, 0.15) is 30.1 Å². The van der Waals surface area contributed by atoms with E-state index >= 15 is 0 Å². The number of carbonyl (C=O) groups excluding carboxylic acids is 1. The van der Waals surface area contributed by atoms with Crippen molar-refractivity contribution < 1.29 is 9.53 Å². The van der Waals surface area contributed by atoms with Gasteiger partial charge in [0.1, 0.15) is 0 Å². The van der Waals surface area contributed by atoms with E-state index in [0.29, 0.717) is 11.3 Å². The third kappa shape index (κ3) is 3.17. The standard InChI is InChI=1S/C14H21N3O2/c1-9(13-4-3-7-19-13)17-12-8-10(14(18)16-2)5-6-11(12)15/h5-6,8-9,13,17H,3-4,7,15H2,1-2H3,(H,16,18). The number of nitrogens with two attached hydrogens (primary N) is 1. The number of hydrogen-bond donors (Lipinski definition) is 3. The lowest BCUT2D eigenvalue weighted by molar-refractivity contribution is 0.0963. The summed E-state index contributed by atoms with van der Waals surface area (Å²) in [6, 6.07) is 5.41. The highest BCUT2D eigenvalue weighted by Crippen LogP contribution is 2.24. The molecule has 1 amide bonds. The van der Waals surface area contributed by atoms with Gasteiger partial charge in [-0.05, 0) is 38.0 Å². The summed E-state index contributed by atoms with van der Waals surface area (Å²) >= 11 is 0. The van der Waals surface area contributed by atoms with Crippen molar-refractivity contribution in [3.8, 4) is 0 Å². The molecule has 104 valence electrons. The van der Waals surface area contributed by atoms with Crippen molar-refractivity contribution >= 4 is 17.3 Å². The molecule has 0 bridgehead atoms. The maximum atomic E-state index is 11.6. The van der Waals surface area contributed by atoms with E-state index in [9.17, 15) is 4.79 Å². The van der Waals surface area contributed by atoms with Gasteiger partial charge in [0.05, 0.1) is 17.5 Å². The Balaban J connectivity index is 2.12. The van der Waals surface area contributed by atoms with E-state index in [2.05, 4.69) is 17.6 Å². The fraction of sp³-hybridized carbons (Fsp3) is 0.500. The summed E-state index contributed by atoms with van der Waals surface area (Å²) in [6.45, 7) is 2.90. The van der Waals surface area contributed by atoms with Gasteiger partial charge in [0.25, 0.3) is 5.91 Å². The number of nitrogen functional groups attached to an aromatic ring is 1. The van der Waals surface area contributed by atoms with Crippen LogP contribution in [-0.4, -0.2) is 31.7 Å². The largest absolute Gasteiger partial charge is 0.397 e. The van der Waals surface area contributed by atoms with Gasteiger partial charge in [0.15, 0.2) is 0 Å². The second kappa shape index (κ2) is 5.93. The molecule has 1 aromatic carbocycles. The molecule has 1 aliphatic rings. The Hall–Kier alpha value is -1.75. The molecule has 5 nitrogen and oxygen atoms in total. The summed E-state index contributed by atoms with van der Waals surface area (Å²) in [7, 11) is 1.61. The molecule has 0 spiro atoms. The molecule has 2 unspecified atom stereocenters. The first-order valence-corrected chi connectivity index (χ1v) is 6.61. The number of carbonyl (C=O) groups is 1. The van der Waals surface area contributed by atoms with Gasteiger partial charge in [-0.25, -0.2) is 0 Å². The average Bonchev–Trinajstić information content (AvgIpc) is 2.94. The van der Waals surface area contributed by atoms with Crippen molar-refractivity contribution in [1.82, 2.24) is 5.32 Å². The van der Waals surface area contributed by atoms with E-state index in [0.717, 1.165) is 25.1 Å². The van der Waals surface area contributed by atoms with Crippen LogP contribution in [0.2, 0.25) is 0 Å². The van der Waals surface area contributed by atoms with E-state index in [1.165, 1.54) is 0 Å². The first-order valence-electron chi connectivity index (χ1n) is 6.61. The lowest BCUT2D eigenvalue weighted by Crippen LogP contribution is -2.30. The van der Waals surface area contributed by atoms with Gasteiger partial charge in [0, 0.05) is 25.3 Å². The van der Waals surface area contributed by atoms with Crippen LogP contribution in [0.3, 0.4) is 0 Å². The molecule has 0 aromatic heterocycles. The van der Waals surface area contributed by atoms with Crippen LogP contribution in [0.15, 0.2) is 18.2 Å². The van der Waals surface area contributed by atoms with Crippen LogP contribution in [0, 0.1) is 0 Å². The monoisotopic (exact) mass is 263 g/mol. The zero-order chi connectivity index (χ0) is 13.8. The Kier molecular flexibility index (Phi) is 4.27. The lowest BCUT2D eigenvalue weighted by Gasteiger charge is -2.22.